The Morgan fingerprint density at radius 3 is 0.759 bits per heavy atom. The maximum Gasteiger partial charge on any atom is 1.00 e. The van der Waals surface area contributed by atoms with Crippen LogP contribution < -0.4 is 69.3 Å². The van der Waals surface area contributed by atoms with Crippen molar-refractivity contribution in [2.75, 3.05) is 13.1 Å². The fourth-order valence-corrected chi connectivity index (χ4v) is 6.81. The van der Waals surface area contributed by atoms with Gasteiger partial charge in [-0.15, -0.1) is 0 Å². The summed E-state index contributed by atoms with van der Waals surface area (Å²) >= 11 is 0. The fourth-order valence-electron chi connectivity index (χ4n) is 6.81. The summed E-state index contributed by atoms with van der Waals surface area (Å²) in [6, 6.07) is 0. The van der Waals surface area contributed by atoms with E-state index in [0.29, 0.717) is 13.1 Å². The molecule has 0 fully saturated rings. The van der Waals surface area contributed by atoms with Crippen molar-refractivity contribution in [3.63, 3.8) is 0 Å². The first-order chi connectivity index (χ1) is 25.3. The zero-order chi connectivity index (χ0) is 38.1. The summed E-state index contributed by atoms with van der Waals surface area (Å²) in [6.07, 6.45) is 42.6. The van der Waals surface area contributed by atoms with Crippen LogP contribution >= 0.6 is 0 Å². The molecule has 12 heteroatoms. The molecule has 10 nitrogen and oxygen atoms in total. The maximum atomic E-state index is 10.6. The summed E-state index contributed by atoms with van der Waals surface area (Å²) in [5, 5.41) is 46.6. The van der Waals surface area contributed by atoms with E-state index >= 15 is 0 Å². The molecule has 2 aliphatic heterocycles. The molecule has 0 aromatic rings. The van der Waals surface area contributed by atoms with Crippen LogP contribution in [0.2, 0.25) is 0 Å². The molecule has 0 unspecified atom stereocenters. The van der Waals surface area contributed by atoms with Crippen molar-refractivity contribution < 1.29 is 78.9 Å². The molecule has 0 aromatic carbocycles. The quantitative estimate of drug-likeness (QED) is 0.0735. The minimum atomic E-state index is -1.35. The molecule has 2 N–H and O–H groups in total. The predicted octanol–water partition coefficient (Wildman–Crippen LogP) is 3.30. The molecule has 0 atom stereocenters. The average Bonchev–Trinajstić information content (AvgIpc) is 3.12. The number of carbonyl (C=O) groups excluding carboxylic acids is 2. The monoisotopic (exact) mass is 775 g/mol. The van der Waals surface area contributed by atoms with Crippen LogP contribution in [0.1, 0.15) is 219 Å². The number of hydrazone groups is 2. The van der Waals surface area contributed by atoms with Gasteiger partial charge in [-0.2, -0.15) is 10.2 Å². The van der Waals surface area contributed by atoms with Crippen molar-refractivity contribution >= 4 is 35.0 Å². The summed E-state index contributed by atoms with van der Waals surface area (Å²) in [6.45, 7) is 5.83. The Labute approximate surface area is 374 Å². The summed E-state index contributed by atoms with van der Waals surface area (Å²) < 4.78 is 0. The van der Waals surface area contributed by atoms with E-state index in [4.69, 9.17) is 10.8 Å². The molecule has 0 aliphatic carbocycles. The molecule has 0 bridgehead atoms. The first-order valence-corrected chi connectivity index (χ1v) is 21.7. The van der Waals surface area contributed by atoms with Gasteiger partial charge in [-0.05, 0) is 12.8 Å². The number of nitrogens with zero attached hydrogens (tertiary/aromatic N) is 4. The molecule has 2 rings (SSSR count). The van der Waals surface area contributed by atoms with Gasteiger partial charge in [0.05, 0.1) is 11.9 Å². The van der Waals surface area contributed by atoms with E-state index in [9.17, 15) is 19.8 Å². The maximum absolute atomic E-state index is 10.6. The number of carbonyl (C=O) groups is 2. The molecule has 0 amide bonds. The molecule has 54 heavy (non-hydrogen) atoms. The van der Waals surface area contributed by atoms with Gasteiger partial charge in [0.15, 0.2) is 11.7 Å². The van der Waals surface area contributed by atoms with Crippen molar-refractivity contribution in [2.24, 2.45) is 10.2 Å². The van der Waals surface area contributed by atoms with Crippen LogP contribution in [-0.4, -0.2) is 58.1 Å². The topological polar surface area (TPSA) is 159 Å². The van der Waals surface area contributed by atoms with Gasteiger partial charge in [0.1, 0.15) is 11.4 Å². The molecule has 0 radical (unpaired) electrons. The van der Waals surface area contributed by atoms with Gasteiger partial charge in [-0.3, -0.25) is 10.8 Å². The van der Waals surface area contributed by atoms with Gasteiger partial charge in [-0.1, -0.05) is 206 Å². The second-order valence-electron chi connectivity index (χ2n) is 15.0. The Bertz CT molecular complexity index is 962. The van der Waals surface area contributed by atoms with Crippen molar-refractivity contribution in [1.29, 1.82) is 10.8 Å². The van der Waals surface area contributed by atoms with Crippen LogP contribution in [-0.2, 0) is 9.59 Å². The zero-order valence-corrected chi connectivity index (χ0v) is 39.5. The van der Waals surface area contributed by atoms with E-state index in [0.717, 1.165) is 25.7 Å². The van der Waals surface area contributed by atoms with Crippen LogP contribution in [0.5, 0.6) is 0 Å². The van der Waals surface area contributed by atoms with Crippen LogP contribution in [0.25, 0.3) is 0 Å². The van der Waals surface area contributed by atoms with Crippen LogP contribution in [0.4, 0.5) is 0 Å². The van der Waals surface area contributed by atoms with Crippen molar-refractivity contribution in [3.05, 3.63) is 0 Å². The fraction of sp³-hybridized carbons (Fsp3) is 0.857. The summed E-state index contributed by atoms with van der Waals surface area (Å²) in [7, 11) is 0. The molecule has 300 valence electrons. The molecule has 0 aromatic heterocycles. The average molecular weight is 775 g/mol. The molecule has 2 aliphatic rings. The molecular formula is C42H76N6Na2O4. The largest absolute Gasteiger partial charge is 1.00 e. The summed E-state index contributed by atoms with van der Waals surface area (Å²) in [5.74, 6) is -2.71. The molecule has 0 spiro atoms. The van der Waals surface area contributed by atoms with E-state index in [1.54, 1.807) is 0 Å². The van der Waals surface area contributed by atoms with Gasteiger partial charge < -0.3 is 19.8 Å². The van der Waals surface area contributed by atoms with Crippen molar-refractivity contribution in [1.82, 2.24) is 10.0 Å². The minimum absolute atomic E-state index is 0. The number of hydrogen-bond acceptors (Lipinski definition) is 8. The third-order valence-corrected chi connectivity index (χ3v) is 10.2. The van der Waals surface area contributed by atoms with Crippen LogP contribution in [0.3, 0.4) is 0 Å². The van der Waals surface area contributed by atoms with E-state index in [2.05, 4.69) is 24.1 Å². The zero-order valence-electron chi connectivity index (χ0n) is 35.5. The standard InChI is InChI=1S/2C21H39N3O2.2Na/c2*1-2-3-4-5-6-7-8-9-10-11-12-13-14-15-16-17-18-24-20(22)19(23-24)21(25)26;;/h2*22H,2-18H2,1H3,(H,25,26);;/q;;2*+1/p-2. The third kappa shape index (κ3) is 28.6. The van der Waals surface area contributed by atoms with Gasteiger partial charge in [0.2, 0.25) is 0 Å². The molecule has 0 saturated heterocycles. The number of hydrogen-bond donors (Lipinski definition) is 2. The van der Waals surface area contributed by atoms with Crippen molar-refractivity contribution in [2.45, 2.75) is 219 Å². The number of rotatable bonds is 36. The second-order valence-corrected chi connectivity index (χ2v) is 15.0. The van der Waals surface area contributed by atoms with Crippen LogP contribution in [0.15, 0.2) is 10.2 Å². The Morgan fingerprint density at radius 1 is 0.407 bits per heavy atom. The Morgan fingerprint density at radius 2 is 0.593 bits per heavy atom. The predicted molar refractivity (Wildman–Crippen MR) is 213 cm³/mol. The van der Waals surface area contributed by atoms with E-state index in [-0.39, 0.29) is 82.2 Å². The Balaban J connectivity index is 0. The Kier molecular flexibility index (Phi) is 40.0. The first-order valence-electron chi connectivity index (χ1n) is 21.7. The number of unbranched alkanes of at least 4 members (excludes halogenated alkanes) is 30. The molecule has 0 saturated carbocycles. The normalized spacial score (nSPS) is 13.1. The smallest absolute Gasteiger partial charge is 0.543 e. The second kappa shape index (κ2) is 39.1. The summed E-state index contributed by atoms with van der Waals surface area (Å²) in [5.41, 5.74) is -0.442. The van der Waals surface area contributed by atoms with Gasteiger partial charge in [0.25, 0.3) is 0 Å². The SMILES string of the molecule is CCCCCCCCCCCCCCCCCCN1N=C(C(=O)[O-])C1=N.CCCCCCCCCCCCCCCCCCN1N=C(C(=O)[O-])C1=N.[Na+].[Na+]. The molecular weight excluding hydrogens is 698 g/mol. The number of amidine groups is 2. The van der Waals surface area contributed by atoms with E-state index < -0.39 is 11.9 Å². The van der Waals surface area contributed by atoms with Gasteiger partial charge in [-0.25, -0.2) is 10.0 Å². The molecule has 2 heterocycles. The van der Waals surface area contributed by atoms with E-state index in [1.807, 2.05) is 0 Å². The number of carboxylic acids is 2. The van der Waals surface area contributed by atoms with Crippen molar-refractivity contribution in [3.8, 4) is 0 Å². The van der Waals surface area contributed by atoms with Gasteiger partial charge >= 0.3 is 59.1 Å². The van der Waals surface area contributed by atoms with E-state index in [1.165, 1.54) is 190 Å². The van der Waals surface area contributed by atoms with Crippen LogP contribution in [0, 0.1) is 10.8 Å². The number of nitrogens with one attached hydrogen (secondary N) is 2. The first kappa shape index (κ1) is 55.3. The Hall–Kier alpha value is -0.780. The van der Waals surface area contributed by atoms with Gasteiger partial charge in [0, 0.05) is 13.1 Å². The third-order valence-electron chi connectivity index (χ3n) is 10.2. The number of aliphatic carboxylic acids is 2. The minimum Gasteiger partial charge on any atom is -0.543 e. The summed E-state index contributed by atoms with van der Waals surface area (Å²) in [4.78, 5) is 21.1. The number of carboxylic acid groups (broad SMARTS) is 2.